The van der Waals surface area contributed by atoms with Crippen molar-refractivity contribution >= 4 is 11.6 Å². The van der Waals surface area contributed by atoms with Crippen LogP contribution in [-0.2, 0) is 11.2 Å². The van der Waals surface area contributed by atoms with Crippen molar-refractivity contribution in [3.8, 4) is 5.88 Å². The molecule has 2 aromatic rings. The molecule has 2 N–H and O–H groups in total. The molecule has 7 heteroatoms. The van der Waals surface area contributed by atoms with Gasteiger partial charge in [0.05, 0.1) is 12.2 Å². The number of carbonyl (C=O) groups excluding carboxylic acids is 1. The lowest BCUT2D eigenvalue weighted by molar-refractivity contribution is 0.0519. The molecule has 0 amide bonds. The summed E-state index contributed by atoms with van der Waals surface area (Å²) >= 11 is 0. The van der Waals surface area contributed by atoms with Crippen LogP contribution in [0.2, 0.25) is 0 Å². The van der Waals surface area contributed by atoms with Crippen molar-refractivity contribution in [3.63, 3.8) is 0 Å². The van der Waals surface area contributed by atoms with Crippen LogP contribution >= 0.6 is 0 Å². The summed E-state index contributed by atoms with van der Waals surface area (Å²) in [5, 5.41) is 13.8. The molecule has 0 radical (unpaired) electrons. The molecule has 0 unspecified atom stereocenters. The number of aromatic nitrogens is 3. The highest BCUT2D eigenvalue weighted by Gasteiger charge is 2.16. The number of aromatic hydroxyl groups is 1. The van der Waals surface area contributed by atoms with Gasteiger partial charge in [0.15, 0.2) is 5.69 Å². The van der Waals surface area contributed by atoms with E-state index in [1.165, 1.54) is 6.07 Å². The zero-order valence-corrected chi connectivity index (χ0v) is 10.1. The molecule has 0 aliphatic heterocycles. The molecule has 0 atom stereocenters. The monoisotopic (exact) mass is 251 g/mol. The van der Waals surface area contributed by atoms with Gasteiger partial charge in [-0.1, -0.05) is 6.92 Å². The molecule has 2 rings (SSSR count). The Kier molecular flexibility index (Phi) is 3.05. The normalized spacial score (nSPS) is 10.8. The van der Waals surface area contributed by atoms with Gasteiger partial charge in [0.25, 0.3) is 5.56 Å². The minimum Gasteiger partial charge on any atom is -0.493 e. The van der Waals surface area contributed by atoms with E-state index in [0.717, 1.165) is 4.52 Å². The van der Waals surface area contributed by atoms with Gasteiger partial charge in [-0.15, -0.1) is 0 Å². The number of fused-ring (bicyclic) bond motifs is 1. The fraction of sp³-hybridized carbons (Fsp3) is 0.364. The minimum atomic E-state index is -0.598. The average molecular weight is 251 g/mol. The third-order valence-corrected chi connectivity index (χ3v) is 2.53. The first-order chi connectivity index (χ1) is 8.58. The molecule has 96 valence electrons. The summed E-state index contributed by atoms with van der Waals surface area (Å²) < 4.78 is 5.91. The van der Waals surface area contributed by atoms with E-state index in [2.05, 4.69) is 10.1 Å². The molecular weight excluding hydrogens is 238 g/mol. The van der Waals surface area contributed by atoms with E-state index in [1.807, 2.05) is 0 Å². The van der Waals surface area contributed by atoms with E-state index < -0.39 is 11.5 Å². The summed E-state index contributed by atoms with van der Waals surface area (Å²) in [6.07, 6.45) is 0.367. The molecule has 0 saturated carbocycles. The number of nitrogens with zero attached hydrogens (tertiary/aromatic N) is 2. The van der Waals surface area contributed by atoms with Gasteiger partial charge in [0, 0.05) is 6.07 Å². The molecule has 0 aromatic carbocycles. The highest BCUT2D eigenvalue weighted by Crippen LogP contribution is 2.15. The largest absolute Gasteiger partial charge is 0.493 e. The summed E-state index contributed by atoms with van der Waals surface area (Å²) in [5.41, 5.74) is 0.118. The predicted octanol–water partition coefficient (Wildman–Crippen LogP) is 0.467. The number of hydrogen-bond donors (Lipinski definition) is 2. The highest BCUT2D eigenvalue weighted by atomic mass is 16.5. The fourth-order valence-electron chi connectivity index (χ4n) is 1.68. The van der Waals surface area contributed by atoms with E-state index in [-0.39, 0.29) is 29.4 Å². The van der Waals surface area contributed by atoms with E-state index in [0.29, 0.717) is 6.42 Å². The molecule has 0 aliphatic rings. The van der Waals surface area contributed by atoms with Crippen molar-refractivity contribution in [3.05, 3.63) is 27.7 Å². The Bertz CT molecular complexity index is 656. The lowest BCUT2D eigenvalue weighted by Gasteiger charge is -2.02. The number of aromatic amines is 1. The Balaban J connectivity index is 2.62. The van der Waals surface area contributed by atoms with Crippen molar-refractivity contribution in [1.29, 1.82) is 0 Å². The van der Waals surface area contributed by atoms with Crippen molar-refractivity contribution in [2.75, 3.05) is 6.61 Å². The third kappa shape index (κ3) is 1.83. The van der Waals surface area contributed by atoms with Crippen LogP contribution in [0.1, 0.15) is 29.9 Å². The number of esters is 1. The molecule has 0 aliphatic carbocycles. The van der Waals surface area contributed by atoms with E-state index >= 15 is 0 Å². The maximum atomic E-state index is 11.6. The molecule has 0 saturated heterocycles. The van der Waals surface area contributed by atoms with Gasteiger partial charge < -0.3 is 14.8 Å². The molecule has 18 heavy (non-hydrogen) atoms. The summed E-state index contributed by atoms with van der Waals surface area (Å²) in [5.74, 6) is -0.855. The molecule has 2 aromatic heterocycles. The molecule has 7 nitrogen and oxygen atoms in total. The van der Waals surface area contributed by atoms with Gasteiger partial charge in [-0.25, -0.2) is 4.79 Å². The van der Waals surface area contributed by atoms with Crippen LogP contribution in [0.25, 0.3) is 5.65 Å². The first kappa shape index (κ1) is 12.2. The summed E-state index contributed by atoms with van der Waals surface area (Å²) in [7, 11) is 0. The molecule has 0 bridgehead atoms. The van der Waals surface area contributed by atoms with Gasteiger partial charge in [-0.2, -0.15) is 9.61 Å². The smallest absolute Gasteiger partial charge is 0.358 e. The zero-order chi connectivity index (χ0) is 13.3. The Labute approximate surface area is 102 Å². The summed E-state index contributed by atoms with van der Waals surface area (Å²) in [6.45, 7) is 3.66. The fourth-order valence-corrected chi connectivity index (χ4v) is 1.68. The van der Waals surface area contributed by atoms with Crippen LogP contribution in [0.15, 0.2) is 10.9 Å². The Morgan fingerprint density at radius 2 is 2.28 bits per heavy atom. The third-order valence-electron chi connectivity index (χ3n) is 2.53. The number of hydrogen-bond acceptors (Lipinski definition) is 5. The standard InChI is InChI=1S/C11H13N3O4/c1-3-6-9(15)12-8-5-7(11(17)18-4-2)13-14(8)10(6)16/h5,16H,3-4H2,1-2H3,(H,12,15). The van der Waals surface area contributed by atoms with Crippen LogP contribution in [0.3, 0.4) is 0 Å². The minimum absolute atomic E-state index is 0.0380. The quantitative estimate of drug-likeness (QED) is 0.773. The number of carbonyl (C=O) groups is 1. The molecular formula is C11H13N3O4. The van der Waals surface area contributed by atoms with Gasteiger partial charge in [-0.3, -0.25) is 4.79 Å². The van der Waals surface area contributed by atoms with Crippen molar-refractivity contribution in [2.24, 2.45) is 0 Å². The van der Waals surface area contributed by atoms with E-state index in [9.17, 15) is 14.7 Å². The lowest BCUT2D eigenvalue weighted by atomic mass is 10.2. The second-order valence-electron chi connectivity index (χ2n) is 3.66. The Hall–Kier alpha value is -2.31. The highest BCUT2D eigenvalue weighted by molar-refractivity contribution is 5.88. The van der Waals surface area contributed by atoms with Gasteiger partial charge >= 0.3 is 5.97 Å². The van der Waals surface area contributed by atoms with Gasteiger partial charge in [-0.05, 0) is 13.3 Å². The van der Waals surface area contributed by atoms with Crippen LogP contribution in [0.4, 0.5) is 0 Å². The van der Waals surface area contributed by atoms with Crippen molar-refractivity contribution in [2.45, 2.75) is 20.3 Å². The van der Waals surface area contributed by atoms with Crippen molar-refractivity contribution < 1.29 is 14.6 Å². The topological polar surface area (TPSA) is 96.7 Å². The predicted molar refractivity (Wildman–Crippen MR) is 62.8 cm³/mol. The molecule has 0 spiro atoms. The maximum Gasteiger partial charge on any atom is 0.358 e. The van der Waals surface area contributed by atoms with Gasteiger partial charge in [0.1, 0.15) is 5.65 Å². The second-order valence-corrected chi connectivity index (χ2v) is 3.66. The first-order valence-electron chi connectivity index (χ1n) is 5.59. The lowest BCUT2D eigenvalue weighted by Crippen LogP contribution is -2.14. The van der Waals surface area contributed by atoms with E-state index in [4.69, 9.17) is 4.74 Å². The van der Waals surface area contributed by atoms with Crippen LogP contribution in [0, 0.1) is 0 Å². The average Bonchev–Trinajstić information content (AvgIpc) is 2.74. The van der Waals surface area contributed by atoms with Crippen LogP contribution in [-0.4, -0.2) is 32.3 Å². The number of H-pyrrole nitrogens is 1. The Morgan fingerprint density at radius 3 is 2.89 bits per heavy atom. The van der Waals surface area contributed by atoms with E-state index in [1.54, 1.807) is 13.8 Å². The summed E-state index contributed by atoms with van der Waals surface area (Å²) in [4.78, 5) is 25.7. The number of rotatable bonds is 3. The van der Waals surface area contributed by atoms with Gasteiger partial charge in [0.2, 0.25) is 5.88 Å². The number of ether oxygens (including phenoxy) is 1. The first-order valence-corrected chi connectivity index (χ1v) is 5.59. The zero-order valence-electron chi connectivity index (χ0n) is 10.1. The maximum absolute atomic E-state index is 11.6. The molecule has 0 fully saturated rings. The summed E-state index contributed by atoms with van der Waals surface area (Å²) in [6, 6.07) is 1.36. The SMILES string of the molecule is CCOC(=O)c1cc2[nH]c(=O)c(CC)c(O)n2n1. The second kappa shape index (κ2) is 4.52. The number of nitrogens with one attached hydrogen (secondary N) is 1. The Morgan fingerprint density at radius 1 is 1.56 bits per heavy atom. The van der Waals surface area contributed by atoms with Crippen LogP contribution in [0.5, 0.6) is 5.88 Å². The van der Waals surface area contributed by atoms with Crippen LogP contribution < -0.4 is 5.56 Å². The molecule has 2 heterocycles. The van der Waals surface area contributed by atoms with Crippen molar-refractivity contribution in [1.82, 2.24) is 14.6 Å².